The Morgan fingerprint density at radius 2 is 2.55 bits per heavy atom. The van der Waals surface area contributed by atoms with Crippen LogP contribution in [0, 0.1) is 0 Å². The first-order chi connectivity index (χ1) is 5.26. The predicted molar refractivity (Wildman–Crippen MR) is 38.7 cm³/mol. The van der Waals surface area contributed by atoms with Crippen LogP contribution in [0.5, 0.6) is 0 Å². The molecule has 0 bridgehead atoms. The van der Waals surface area contributed by atoms with Crippen LogP contribution in [0.1, 0.15) is 6.42 Å². The van der Waals surface area contributed by atoms with Crippen LogP contribution in [0.2, 0.25) is 0 Å². The van der Waals surface area contributed by atoms with E-state index in [2.05, 4.69) is 16.3 Å². The maximum atomic E-state index is 10.7. The standard InChI is InChI=1S/C7H9NO3/c1-3-4-6(8-5-9)7(10)11-2/h3,6H,1,4H2,2H3. The molecule has 1 unspecified atom stereocenters. The minimum absolute atomic E-state index is 0.294. The highest BCUT2D eigenvalue weighted by molar-refractivity contribution is 5.76. The van der Waals surface area contributed by atoms with E-state index >= 15 is 0 Å². The van der Waals surface area contributed by atoms with Gasteiger partial charge < -0.3 is 4.74 Å². The topological polar surface area (TPSA) is 55.7 Å². The second-order valence-electron chi connectivity index (χ2n) is 1.78. The Labute approximate surface area is 64.6 Å². The molecule has 0 rings (SSSR count). The summed E-state index contributed by atoms with van der Waals surface area (Å²) < 4.78 is 4.36. The van der Waals surface area contributed by atoms with Crippen molar-refractivity contribution < 1.29 is 14.3 Å². The molecule has 0 radical (unpaired) electrons. The summed E-state index contributed by atoms with van der Waals surface area (Å²) in [5.74, 6) is -0.548. The van der Waals surface area contributed by atoms with Crippen LogP contribution >= 0.6 is 0 Å². The Morgan fingerprint density at radius 3 is 2.91 bits per heavy atom. The maximum Gasteiger partial charge on any atom is 0.331 e. The Morgan fingerprint density at radius 1 is 1.91 bits per heavy atom. The predicted octanol–water partition coefficient (Wildman–Crippen LogP) is 0.440. The van der Waals surface area contributed by atoms with E-state index in [9.17, 15) is 9.59 Å². The lowest BCUT2D eigenvalue weighted by molar-refractivity contribution is -0.141. The van der Waals surface area contributed by atoms with Gasteiger partial charge in [0.25, 0.3) is 0 Å². The zero-order chi connectivity index (χ0) is 8.69. The SMILES string of the molecule is C=CCC(N=C=O)C(=O)OC. The fourth-order valence-electron chi connectivity index (χ4n) is 0.559. The van der Waals surface area contributed by atoms with Crippen LogP contribution in [-0.2, 0) is 14.3 Å². The van der Waals surface area contributed by atoms with Crippen LogP contribution in [0.15, 0.2) is 17.6 Å². The molecule has 0 aromatic carbocycles. The first-order valence-corrected chi connectivity index (χ1v) is 3.02. The number of aliphatic imine (C=N–C) groups is 1. The van der Waals surface area contributed by atoms with E-state index in [1.54, 1.807) is 0 Å². The van der Waals surface area contributed by atoms with Crippen LogP contribution < -0.4 is 0 Å². The van der Waals surface area contributed by atoms with Crippen molar-refractivity contribution in [3.05, 3.63) is 12.7 Å². The summed E-state index contributed by atoms with van der Waals surface area (Å²) in [5, 5.41) is 0. The van der Waals surface area contributed by atoms with Gasteiger partial charge in [-0.1, -0.05) is 6.08 Å². The van der Waals surface area contributed by atoms with E-state index in [0.717, 1.165) is 0 Å². The van der Waals surface area contributed by atoms with Gasteiger partial charge in [-0.3, -0.25) is 0 Å². The number of isocyanates is 1. The van der Waals surface area contributed by atoms with Crippen molar-refractivity contribution in [1.82, 2.24) is 0 Å². The average Bonchev–Trinajstić information content (AvgIpc) is 2.03. The van der Waals surface area contributed by atoms with Gasteiger partial charge in [0.2, 0.25) is 6.08 Å². The largest absolute Gasteiger partial charge is 0.467 e. The lowest BCUT2D eigenvalue weighted by atomic mass is 10.2. The Kier molecular flexibility index (Phi) is 4.69. The molecule has 0 aromatic heterocycles. The summed E-state index contributed by atoms with van der Waals surface area (Å²) in [7, 11) is 1.23. The molecular weight excluding hydrogens is 146 g/mol. The monoisotopic (exact) mass is 155 g/mol. The van der Waals surface area contributed by atoms with E-state index in [-0.39, 0.29) is 0 Å². The molecule has 1 atom stereocenters. The zero-order valence-electron chi connectivity index (χ0n) is 6.24. The lowest BCUT2D eigenvalue weighted by Crippen LogP contribution is -2.18. The van der Waals surface area contributed by atoms with Crippen molar-refractivity contribution in [1.29, 1.82) is 0 Å². The minimum Gasteiger partial charge on any atom is -0.467 e. The molecule has 0 amide bonds. The third-order valence-electron chi connectivity index (χ3n) is 1.07. The molecule has 4 nitrogen and oxygen atoms in total. The van der Waals surface area contributed by atoms with E-state index in [1.807, 2.05) is 0 Å². The summed E-state index contributed by atoms with van der Waals surface area (Å²) in [6.45, 7) is 3.40. The van der Waals surface area contributed by atoms with Gasteiger partial charge in [0, 0.05) is 0 Å². The Hall–Kier alpha value is -1.41. The molecule has 0 aromatic rings. The summed E-state index contributed by atoms with van der Waals surface area (Å²) >= 11 is 0. The smallest absolute Gasteiger partial charge is 0.331 e. The molecule has 0 heterocycles. The third kappa shape index (κ3) is 3.33. The number of methoxy groups -OCH3 is 1. The first kappa shape index (κ1) is 9.59. The molecule has 0 spiro atoms. The molecule has 11 heavy (non-hydrogen) atoms. The third-order valence-corrected chi connectivity index (χ3v) is 1.07. The van der Waals surface area contributed by atoms with Gasteiger partial charge >= 0.3 is 5.97 Å². The normalized spacial score (nSPS) is 11.0. The number of carbonyl (C=O) groups is 1. The van der Waals surface area contributed by atoms with Crippen molar-refractivity contribution in [3.8, 4) is 0 Å². The highest BCUT2D eigenvalue weighted by Crippen LogP contribution is 1.99. The van der Waals surface area contributed by atoms with Gasteiger partial charge in [-0.25, -0.2) is 9.59 Å². The number of hydrogen-bond donors (Lipinski definition) is 0. The van der Waals surface area contributed by atoms with Gasteiger partial charge in [0.15, 0.2) is 6.04 Å². The minimum atomic E-state index is -0.782. The number of nitrogens with zero attached hydrogens (tertiary/aromatic N) is 1. The molecule has 0 aliphatic heterocycles. The first-order valence-electron chi connectivity index (χ1n) is 3.02. The number of esters is 1. The van der Waals surface area contributed by atoms with Crippen LogP contribution in [0.25, 0.3) is 0 Å². The maximum absolute atomic E-state index is 10.7. The number of hydrogen-bond acceptors (Lipinski definition) is 4. The molecule has 0 saturated carbocycles. The molecule has 4 heteroatoms. The Bertz CT molecular complexity index is 194. The van der Waals surface area contributed by atoms with Gasteiger partial charge in [-0.15, -0.1) is 6.58 Å². The molecule has 60 valence electrons. The summed E-state index contributed by atoms with van der Waals surface area (Å²) in [4.78, 5) is 23.8. The van der Waals surface area contributed by atoms with Gasteiger partial charge in [0.1, 0.15) is 0 Å². The lowest BCUT2D eigenvalue weighted by Gasteiger charge is -2.03. The number of ether oxygens (including phenoxy) is 1. The highest BCUT2D eigenvalue weighted by atomic mass is 16.5. The molecule has 0 N–H and O–H groups in total. The van der Waals surface area contributed by atoms with Crippen molar-refractivity contribution in [2.45, 2.75) is 12.5 Å². The van der Waals surface area contributed by atoms with Crippen LogP contribution in [-0.4, -0.2) is 25.2 Å². The summed E-state index contributed by atoms with van der Waals surface area (Å²) in [5.41, 5.74) is 0. The van der Waals surface area contributed by atoms with E-state index in [1.165, 1.54) is 19.3 Å². The quantitative estimate of drug-likeness (QED) is 0.256. The molecule has 0 aliphatic carbocycles. The summed E-state index contributed by atoms with van der Waals surface area (Å²) in [6.07, 6.45) is 3.08. The van der Waals surface area contributed by atoms with Gasteiger partial charge in [0.05, 0.1) is 7.11 Å². The van der Waals surface area contributed by atoms with E-state index < -0.39 is 12.0 Å². The fourth-order valence-corrected chi connectivity index (χ4v) is 0.559. The second-order valence-corrected chi connectivity index (χ2v) is 1.78. The van der Waals surface area contributed by atoms with Gasteiger partial charge in [-0.05, 0) is 6.42 Å². The molecule has 0 fully saturated rings. The van der Waals surface area contributed by atoms with Gasteiger partial charge in [-0.2, -0.15) is 4.99 Å². The highest BCUT2D eigenvalue weighted by Gasteiger charge is 2.15. The molecule has 0 aliphatic rings. The summed E-state index contributed by atoms with van der Waals surface area (Å²) in [6, 6.07) is -0.782. The molecular formula is C7H9NO3. The van der Waals surface area contributed by atoms with Crippen molar-refractivity contribution in [3.63, 3.8) is 0 Å². The van der Waals surface area contributed by atoms with Crippen molar-refractivity contribution >= 4 is 12.0 Å². The molecule has 0 saturated heterocycles. The number of carbonyl (C=O) groups excluding carboxylic acids is 2. The number of rotatable bonds is 4. The van der Waals surface area contributed by atoms with Crippen molar-refractivity contribution in [2.24, 2.45) is 4.99 Å². The average molecular weight is 155 g/mol. The second kappa shape index (κ2) is 5.38. The zero-order valence-corrected chi connectivity index (χ0v) is 6.24. The Balaban J connectivity index is 4.19. The fraction of sp³-hybridized carbons (Fsp3) is 0.429. The van der Waals surface area contributed by atoms with Crippen molar-refractivity contribution in [2.75, 3.05) is 7.11 Å². The van der Waals surface area contributed by atoms with Crippen LogP contribution in [0.4, 0.5) is 0 Å². The van der Waals surface area contributed by atoms with E-state index in [0.29, 0.717) is 6.42 Å². The van der Waals surface area contributed by atoms with Crippen LogP contribution in [0.3, 0.4) is 0 Å². The van der Waals surface area contributed by atoms with E-state index in [4.69, 9.17) is 0 Å².